The summed E-state index contributed by atoms with van der Waals surface area (Å²) in [5, 5.41) is 0. The second kappa shape index (κ2) is 7.29. The minimum absolute atomic E-state index is 0.0313. The van der Waals surface area contributed by atoms with Gasteiger partial charge < -0.3 is 9.47 Å². The summed E-state index contributed by atoms with van der Waals surface area (Å²) in [4.78, 5) is 11.8. The molecule has 1 saturated heterocycles. The third-order valence-corrected chi connectivity index (χ3v) is 3.51. The van der Waals surface area contributed by atoms with Crippen LogP contribution in [0.25, 0.3) is 0 Å². The van der Waals surface area contributed by atoms with E-state index < -0.39 is 0 Å². The van der Waals surface area contributed by atoms with Crippen LogP contribution in [0.1, 0.15) is 31.7 Å². The van der Waals surface area contributed by atoms with E-state index in [2.05, 4.69) is 19.1 Å². The van der Waals surface area contributed by atoms with Crippen molar-refractivity contribution in [3.8, 4) is 5.75 Å². The van der Waals surface area contributed by atoms with E-state index >= 15 is 0 Å². The van der Waals surface area contributed by atoms with Crippen molar-refractivity contribution in [2.45, 2.75) is 32.6 Å². The van der Waals surface area contributed by atoms with Crippen molar-refractivity contribution in [1.29, 1.82) is 0 Å². The molecule has 1 aromatic rings. The van der Waals surface area contributed by atoms with Crippen molar-refractivity contribution in [1.82, 2.24) is 0 Å². The zero-order valence-corrected chi connectivity index (χ0v) is 11.6. The lowest BCUT2D eigenvalue weighted by molar-refractivity contribution is -0.124. The summed E-state index contributed by atoms with van der Waals surface area (Å²) in [7, 11) is 0. The molecule has 3 heteroatoms. The number of aryl methyl sites for hydroxylation is 1. The van der Waals surface area contributed by atoms with Gasteiger partial charge in [-0.1, -0.05) is 25.5 Å². The minimum atomic E-state index is 0.0313. The Labute approximate surface area is 114 Å². The summed E-state index contributed by atoms with van der Waals surface area (Å²) in [5.74, 6) is 0.948. The van der Waals surface area contributed by atoms with E-state index in [9.17, 15) is 4.79 Å². The molecule has 0 bridgehead atoms. The Hall–Kier alpha value is -1.35. The fraction of sp³-hybridized carbons (Fsp3) is 0.562. The van der Waals surface area contributed by atoms with Gasteiger partial charge >= 0.3 is 0 Å². The van der Waals surface area contributed by atoms with Gasteiger partial charge in [0.2, 0.25) is 0 Å². The maximum absolute atomic E-state index is 11.8. The van der Waals surface area contributed by atoms with Gasteiger partial charge in [-0.3, -0.25) is 4.79 Å². The van der Waals surface area contributed by atoms with Crippen LogP contribution in [0.15, 0.2) is 24.3 Å². The number of carbonyl (C=O) groups excluding carboxylic acids is 1. The number of Topliss-reactive ketones (excluding diaryl/α,β-unsaturated/α-hetero) is 1. The number of hydrogen-bond acceptors (Lipinski definition) is 3. The summed E-state index contributed by atoms with van der Waals surface area (Å²) in [6.45, 7) is 3.60. The molecule has 1 unspecified atom stereocenters. The maximum Gasteiger partial charge on any atom is 0.175 e. The Balaban J connectivity index is 1.77. The Morgan fingerprint density at radius 2 is 2.16 bits per heavy atom. The van der Waals surface area contributed by atoms with Crippen LogP contribution in [-0.2, 0) is 16.0 Å². The van der Waals surface area contributed by atoms with E-state index in [1.54, 1.807) is 0 Å². The van der Waals surface area contributed by atoms with E-state index in [4.69, 9.17) is 9.47 Å². The molecular formula is C16H22O3. The van der Waals surface area contributed by atoms with Crippen LogP contribution in [0, 0.1) is 5.92 Å². The molecule has 1 fully saturated rings. The van der Waals surface area contributed by atoms with Crippen LogP contribution in [-0.4, -0.2) is 25.6 Å². The van der Waals surface area contributed by atoms with E-state index in [0.717, 1.165) is 18.6 Å². The average Bonchev–Trinajstić information content (AvgIpc) is 2.98. The highest BCUT2D eigenvalue weighted by Gasteiger charge is 2.23. The number of unbranched alkanes of at least 4 members (excludes halogenated alkanes) is 1. The first-order chi connectivity index (χ1) is 9.29. The molecule has 1 aliphatic heterocycles. The Morgan fingerprint density at radius 3 is 2.79 bits per heavy atom. The van der Waals surface area contributed by atoms with Crippen molar-refractivity contribution in [2.75, 3.05) is 19.8 Å². The van der Waals surface area contributed by atoms with Gasteiger partial charge in [0, 0.05) is 12.5 Å². The lowest BCUT2D eigenvalue weighted by Gasteiger charge is -2.09. The molecule has 3 nitrogen and oxygen atoms in total. The molecular weight excluding hydrogens is 240 g/mol. The van der Waals surface area contributed by atoms with E-state index in [0.29, 0.717) is 13.2 Å². The third kappa shape index (κ3) is 4.35. The first-order valence-electron chi connectivity index (χ1n) is 7.12. The summed E-state index contributed by atoms with van der Waals surface area (Å²) < 4.78 is 10.7. The number of ketones is 1. The van der Waals surface area contributed by atoms with Crippen LogP contribution in [0.3, 0.4) is 0 Å². The topological polar surface area (TPSA) is 35.5 Å². The molecule has 0 radical (unpaired) electrons. The quantitative estimate of drug-likeness (QED) is 0.757. The fourth-order valence-electron chi connectivity index (χ4n) is 2.19. The Bertz CT molecular complexity index is 391. The average molecular weight is 262 g/mol. The predicted molar refractivity (Wildman–Crippen MR) is 74.5 cm³/mol. The highest BCUT2D eigenvalue weighted by Crippen LogP contribution is 2.16. The van der Waals surface area contributed by atoms with Crippen molar-refractivity contribution in [2.24, 2.45) is 5.92 Å². The SMILES string of the molecule is CCCCc1ccc(OCC(=O)C2CCOC2)cc1. The van der Waals surface area contributed by atoms with Crippen molar-refractivity contribution >= 4 is 5.78 Å². The molecule has 1 heterocycles. The number of carbonyl (C=O) groups is 1. The zero-order valence-electron chi connectivity index (χ0n) is 11.6. The maximum atomic E-state index is 11.8. The largest absolute Gasteiger partial charge is 0.486 e. The molecule has 0 aliphatic carbocycles. The molecule has 0 aromatic heterocycles. The second-order valence-electron chi connectivity index (χ2n) is 5.06. The fourth-order valence-corrected chi connectivity index (χ4v) is 2.19. The van der Waals surface area contributed by atoms with Gasteiger partial charge in [-0.25, -0.2) is 0 Å². The van der Waals surface area contributed by atoms with E-state index in [1.807, 2.05) is 12.1 Å². The highest BCUT2D eigenvalue weighted by atomic mass is 16.5. The molecule has 1 aromatic carbocycles. The van der Waals surface area contributed by atoms with Gasteiger partial charge in [0.1, 0.15) is 12.4 Å². The second-order valence-corrected chi connectivity index (χ2v) is 5.06. The molecule has 104 valence electrons. The van der Waals surface area contributed by atoms with Crippen LogP contribution in [0.5, 0.6) is 5.75 Å². The summed E-state index contributed by atoms with van der Waals surface area (Å²) in [5.41, 5.74) is 1.32. The standard InChI is InChI=1S/C16H22O3/c1-2-3-4-13-5-7-15(8-6-13)19-12-16(17)14-9-10-18-11-14/h5-8,14H,2-4,9-12H2,1H3. The van der Waals surface area contributed by atoms with Crippen LogP contribution in [0.4, 0.5) is 0 Å². The van der Waals surface area contributed by atoms with E-state index in [1.165, 1.54) is 18.4 Å². The molecule has 19 heavy (non-hydrogen) atoms. The number of hydrogen-bond donors (Lipinski definition) is 0. The van der Waals surface area contributed by atoms with Gasteiger partial charge in [0.15, 0.2) is 5.78 Å². The predicted octanol–water partition coefficient (Wildman–Crippen LogP) is 3.01. The van der Waals surface area contributed by atoms with Crippen LogP contribution >= 0.6 is 0 Å². The van der Waals surface area contributed by atoms with Gasteiger partial charge in [-0.05, 0) is 37.0 Å². The monoisotopic (exact) mass is 262 g/mol. The highest BCUT2D eigenvalue weighted by molar-refractivity contribution is 5.82. The lowest BCUT2D eigenvalue weighted by atomic mass is 10.0. The molecule has 0 saturated carbocycles. The number of ether oxygens (including phenoxy) is 2. The third-order valence-electron chi connectivity index (χ3n) is 3.51. The Morgan fingerprint density at radius 1 is 1.37 bits per heavy atom. The number of benzene rings is 1. The van der Waals surface area contributed by atoms with Crippen LogP contribution in [0.2, 0.25) is 0 Å². The van der Waals surface area contributed by atoms with Crippen molar-refractivity contribution < 1.29 is 14.3 Å². The summed E-state index contributed by atoms with van der Waals surface area (Å²) in [6, 6.07) is 8.05. The van der Waals surface area contributed by atoms with Gasteiger partial charge in [0.05, 0.1) is 6.61 Å². The van der Waals surface area contributed by atoms with Crippen molar-refractivity contribution in [3.63, 3.8) is 0 Å². The molecule has 0 spiro atoms. The summed E-state index contributed by atoms with van der Waals surface area (Å²) >= 11 is 0. The van der Waals surface area contributed by atoms with Gasteiger partial charge in [-0.2, -0.15) is 0 Å². The van der Waals surface area contributed by atoms with E-state index in [-0.39, 0.29) is 18.3 Å². The van der Waals surface area contributed by atoms with Crippen LogP contribution < -0.4 is 4.74 Å². The summed E-state index contributed by atoms with van der Waals surface area (Å²) in [6.07, 6.45) is 4.35. The first-order valence-corrected chi connectivity index (χ1v) is 7.12. The normalized spacial score (nSPS) is 18.5. The number of rotatable bonds is 7. The Kier molecular flexibility index (Phi) is 5.40. The minimum Gasteiger partial charge on any atom is -0.486 e. The smallest absolute Gasteiger partial charge is 0.175 e. The van der Waals surface area contributed by atoms with Gasteiger partial charge in [0.25, 0.3) is 0 Å². The van der Waals surface area contributed by atoms with Crippen molar-refractivity contribution in [3.05, 3.63) is 29.8 Å². The lowest BCUT2D eigenvalue weighted by Crippen LogP contribution is -2.21. The molecule has 1 aliphatic rings. The molecule has 2 rings (SSSR count). The first kappa shape index (κ1) is 14.1. The molecule has 0 amide bonds. The zero-order chi connectivity index (χ0) is 13.5. The molecule has 1 atom stereocenters. The molecule has 0 N–H and O–H groups in total. The van der Waals surface area contributed by atoms with Gasteiger partial charge in [-0.15, -0.1) is 0 Å².